The Morgan fingerprint density at radius 3 is 2.21 bits per heavy atom. The zero-order valence-corrected chi connectivity index (χ0v) is 9.58. The number of halogens is 1. The summed E-state index contributed by atoms with van der Waals surface area (Å²) in [6, 6.07) is 4.56. The highest BCUT2D eigenvalue weighted by atomic mass is 28.3. The Kier molecular flexibility index (Phi) is 3.14. The van der Waals surface area contributed by atoms with E-state index in [1.807, 2.05) is 0 Å². The van der Waals surface area contributed by atoms with Crippen LogP contribution in [0.25, 0.3) is 0 Å². The van der Waals surface area contributed by atoms with Crippen LogP contribution in [0.2, 0.25) is 19.6 Å². The number of hydrogen-bond acceptors (Lipinski definition) is 2. The van der Waals surface area contributed by atoms with E-state index in [1.54, 1.807) is 12.1 Å². The second-order valence-corrected chi connectivity index (χ2v) is 9.44. The van der Waals surface area contributed by atoms with E-state index < -0.39 is 21.0 Å². The predicted octanol–water partition coefficient (Wildman–Crippen LogP) is 0.0507. The highest BCUT2D eigenvalue weighted by Crippen LogP contribution is 2.02. The van der Waals surface area contributed by atoms with Gasteiger partial charge in [0, 0.05) is 5.46 Å². The van der Waals surface area contributed by atoms with Gasteiger partial charge in [0.2, 0.25) is 0 Å². The van der Waals surface area contributed by atoms with Gasteiger partial charge in [-0.15, -0.1) is 0 Å². The molecule has 0 aliphatic heterocycles. The molecule has 5 heteroatoms. The van der Waals surface area contributed by atoms with Crippen LogP contribution in [0.15, 0.2) is 18.2 Å². The summed E-state index contributed by atoms with van der Waals surface area (Å²) < 4.78 is 13.1. The Labute approximate surface area is 84.6 Å². The van der Waals surface area contributed by atoms with Crippen LogP contribution in [0.5, 0.6) is 0 Å². The summed E-state index contributed by atoms with van der Waals surface area (Å²) in [6.45, 7) is 6.36. The lowest BCUT2D eigenvalue weighted by Gasteiger charge is -2.17. The van der Waals surface area contributed by atoms with Crippen LogP contribution in [0, 0.1) is 5.82 Å². The molecule has 0 amide bonds. The van der Waals surface area contributed by atoms with Crippen LogP contribution >= 0.6 is 0 Å². The van der Waals surface area contributed by atoms with Gasteiger partial charge in [-0.2, -0.15) is 0 Å². The molecule has 2 N–H and O–H groups in total. The molecule has 0 bridgehead atoms. The largest absolute Gasteiger partial charge is 0.491 e. The number of hydrogen-bond donors (Lipinski definition) is 2. The molecule has 14 heavy (non-hydrogen) atoms. The molecule has 76 valence electrons. The van der Waals surface area contributed by atoms with Crippen molar-refractivity contribution in [2.75, 3.05) is 0 Å². The van der Waals surface area contributed by atoms with Gasteiger partial charge in [-0.3, -0.25) is 0 Å². The minimum Gasteiger partial charge on any atom is -0.423 e. The summed E-state index contributed by atoms with van der Waals surface area (Å²) in [5, 5.41) is 18.9. The highest BCUT2D eigenvalue weighted by Gasteiger charge is 2.22. The van der Waals surface area contributed by atoms with Crippen molar-refractivity contribution in [3.63, 3.8) is 0 Å². The van der Waals surface area contributed by atoms with Gasteiger partial charge < -0.3 is 10.0 Å². The van der Waals surface area contributed by atoms with Crippen LogP contribution in [0.4, 0.5) is 4.39 Å². The fraction of sp³-hybridized carbons (Fsp3) is 0.333. The molecule has 1 aromatic carbocycles. The van der Waals surface area contributed by atoms with Crippen molar-refractivity contribution < 1.29 is 14.4 Å². The molecule has 0 heterocycles. The molecule has 0 atom stereocenters. The molecule has 0 aromatic heterocycles. The van der Waals surface area contributed by atoms with Gasteiger partial charge in [0.1, 0.15) is 5.82 Å². The van der Waals surface area contributed by atoms with Crippen molar-refractivity contribution in [3.8, 4) is 0 Å². The normalized spacial score (nSPS) is 11.6. The third-order valence-electron chi connectivity index (χ3n) is 2.14. The van der Waals surface area contributed by atoms with E-state index >= 15 is 0 Å². The van der Waals surface area contributed by atoms with E-state index in [-0.39, 0.29) is 5.46 Å². The molecule has 1 rings (SSSR count). The maximum atomic E-state index is 13.1. The van der Waals surface area contributed by atoms with Crippen LogP contribution in [-0.4, -0.2) is 25.2 Å². The lowest BCUT2D eigenvalue weighted by atomic mass is 9.80. The topological polar surface area (TPSA) is 40.5 Å². The Hall–Kier alpha value is -0.648. The Morgan fingerprint density at radius 2 is 1.79 bits per heavy atom. The van der Waals surface area contributed by atoms with Gasteiger partial charge in [0.15, 0.2) is 0 Å². The van der Waals surface area contributed by atoms with Gasteiger partial charge in [-0.05, 0) is 6.07 Å². The maximum absolute atomic E-state index is 13.1. The monoisotopic (exact) mass is 212 g/mol. The molecule has 1 aromatic rings. The first kappa shape index (κ1) is 11.4. The van der Waals surface area contributed by atoms with Gasteiger partial charge >= 0.3 is 7.12 Å². The molecule has 0 aliphatic carbocycles. The number of benzene rings is 1. The Balaban J connectivity index is 3.20. The Bertz CT molecular complexity index is 336. The molecule has 0 aliphatic rings. The first-order chi connectivity index (χ1) is 6.32. The summed E-state index contributed by atoms with van der Waals surface area (Å²) in [7, 11) is -3.25. The standard InChI is InChI=1S/C9H14BFO2Si/c1-14(2,3)7-4-5-9(11)8(6-7)10(12)13/h4-6,12-13H,1-3H3. The molecular formula is C9H14BFO2Si. The van der Waals surface area contributed by atoms with E-state index in [1.165, 1.54) is 6.07 Å². The predicted molar refractivity (Wildman–Crippen MR) is 59.2 cm³/mol. The van der Waals surface area contributed by atoms with Gasteiger partial charge in [0.05, 0.1) is 8.07 Å². The van der Waals surface area contributed by atoms with Gasteiger partial charge in [-0.1, -0.05) is 37.0 Å². The average Bonchev–Trinajstić information content (AvgIpc) is 2.02. The van der Waals surface area contributed by atoms with Gasteiger partial charge in [0.25, 0.3) is 0 Å². The van der Waals surface area contributed by atoms with Crippen molar-refractivity contribution in [2.45, 2.75) is 19.6 Å². The second kappa shape index (κ2) is 3.84. The highest BCUT2D eigenvalue weighted by molar-refractivity contribution is 6.89. The lowest BCUT2D eigenvalue weighted by Crippen LogP contribution is -2.43. The van der Waals surface area contributed by atoms with E-state index in [4.69, 9.17) is 10.0 Å². The van der Waals surface area contributed by atoms with Crippen LogP contribution < -0.4 is 10.6 Å². The van der Waals surface area contributed by atoms with Crippen LogP contribution in [0.1, 0.15) is 0 Å². The first-order valence-electron chi connectivity index (χ1n) is 4.48. The molecule has 0 radical (unpaired) electrons. The zero-order chi connectivity index (χ0) is 10.9. The fourth-order valence-corrected chi connectivity index (χ4v) is 2.38. The number of rotatable bonds is 2. The van der Waals surface area contributed by atoms with E-state index in [0.717, 1.165) is 5.19 Å². The lowest BCUT2D eigenvalue weighted by molar-refractivity contribution is 0.423. The summed E-state index contributed by atoms with van der Waals surface area (Å²) in [5.41, 5.74) is -0.0371. The van der Waals surface area contributed by atoms with Crippen molar-refractivity contribution in [1.82, 2.24) is 0 Å². The quantitative estimate of drug-likeness (QED) is 0.680. The van der Waals surface area contributed by atoms with Crippen molar-refractivity contribution in [2.24, 2.45) is 0 Å². The minimum atomic E-state index is -1.73. The summed E-state index contributed by atoms with van der Waals surface area (Å²) in [4.78, 5) is 0. The summed E-state index contributed by atoms with van der Waals surface area (Å²) in [6.07, 6.45) is 0. The smallest absolute Gasteiger partial charge is 0.423 e. The molecule has 0 saturated carbocycles. The Morgan fingerprint density at radius 1 is 1.21 bits per heavy atom. The molecule has 2 nitrogen and oxygen atoms in total. The molecule has 0 fully saturated rings. The van der Waals surface area contributed by atoms with Crippen molar-refractivity contribution >= 4 is 25.8 Å². The molecule has 0 spiro atoms. The summed E-state index contributed by atoms with van der Waals surface area (Å²) in [5.74, 6) is -0.568. The molecular weight excluding hydrogens is 198 g/mol. The van der Waals surface area contributed by atoms with Crippen molar-refractivity contribution in [1.29, 1.82) is 0 Å². The van der Waals surface area contributed by atoms with E-state index in [0.29, 0.717) is 0 Å². The summed E-state index contributed by atoms with van der Waals surface area (Å²) >= 11 is 0. The third kappa shape index (κ3) is 2.43. The van der Waals surface area contributed by atoms with Crippen LogP contribution in [0.3, 0.4) is 0 Å². The molecule has 0 unspecified atom stereocenters. The molecule has 0 saturated heterocycles. The third-order valence-corrected chi connectivity index (χ3v) is 4.18. The average molecular weight is 212 g/mol. The van der Waals surface area contributed by atoms with E-state index in [9.17, 15) is 4.39 Å². The maximum Gasteiger partial charge on any atom is 0.491 e. The first-order valence-corrected chi connectivity index (χ1v) is 7.98. The van der Waals surface area contributed by atoms with Gasteiger partial charge in [-0.25, -0.2) is 4.39 Å². The fourth-order valence-electron chi connectivity index (χ4n) is 1.21. The second-order valence-electron chi connectivity index (χ2n) is 4.36. The minimum absolute atomic E-state index is 0.0371. The van der Waals surface area contributed by atoms with E-state index in [2.05, 4.69) is 19.6 Å². The SMILES string of the molecule is C[Si](C)(C)c1ccc(F)c(B(O)O)c1. The van der Waals surface area contributed by atoms with Crippen LogP contribution in [-0.2, 0) is 0 Å². The zero-order valence-electron chi connectivity index (χ0n) is 8.58. The van der Waals surface area contributed by atoms with Crippen molar-refractivity contribution in [3.05, 3.63) is 24.0 Å².